The summed E-state index contributed by atoms with van der Waals surface area (Å²) in [6, 6.07) is 9.02. The van der Waals surface area contributed by atoms with Crippen LogP contribution in [0.25, 0.3) is 0 Å². The molecule has 1 aromatic carbocycles. The van der Waals surface area contributed by atoms with Crippen molar-refractivity contribution in [3.63, 3.8) is 0 Å². The van der Waals surface area contributed by atoms with Crippen molar-refractivity contribution in [2.24, 2.45) is 0 Å². The second kappa shape index (κ2) is 12.5. The number of halogens is 2. The Hall–Kier alpha value is -2.10. The molecule has 2 rings (SSSR count). The van der Waals surface area contributed by atoms with E-state index < -0.39 is 16.7 Å². The predicted molar refractivity (Wildman–Crippen MR) is 114 cm³/mol. The van der Waals surface area contributed by atoms with Crippen molar-refractivity contribution in [3.8, 4) is 11.6 Å². The number of alkyl halides is 1. The molecule has 0 saturated carbocycles. The second-order valence-electron chi connectivity index (χ2n) is 6.00. The maximum Gasteiger partial charge on any atom is 0.261 e. The lowest BCUT2D eigenvalue weighted by atomic mass is 10.3. The third kappa shape index (κ3) is 8.04. The van der Waals surface area contributed by atoms with Crippen LogP contribution < -0.4 is 19.5 Å². The molecule has 0 spiro atoms. The third-order valence-electron chi connectivity index (χ3n) is 3.74. The Morgan fingerprint density at radius 2 is 1.76 bits per heavy atom. The van der Waals surface area contributed by atoms with Crippen molar-refractivity contribution in [1.29, 1.82) is 0 Å². The largest absolute Gasteiger partial charge is 0.491 e. The lowest BCUT2D eigenvalue weighted by Gasteiger charge is -2.12. The van der Waals surface area contributed by atoms with E-state index in [-0.39, 0.29) is 23.9 Å². The van der Waals surface area contributed by atoms with Gasteiger partial charge in [-0.1, -0.05) is 6.92 Å². The van der Waals surface area contributed by atoms with Crippen molar-refractivity contribution in [2.45, 2.75) is 25.2 Å². The Balaban J connectivity index is 0.00000420. The van der Waals surface area contributed by atoms with Gasteiger partial charge in [-0.2, -0.15) is 0 Å². The van der Waals surface area contributed by atoms with Crippen molar-refractivity contribution < 1.29 is 22.3 Å². The predicted octanol–water partition coefficient (Wildman–Crippen LogP) is 3.34. The summed E-state index contributed by atoms with van der Waals surface area (Å²) in [7, 11) is -3.78. The van der Waals surface area contributed by atoms with E-state index >= 15 is 0 Å². The van der Waals surface area contributed by atoms with Crippen molar-refractivity contribution in [3.05, 3.63) is 42.1 Å². The second-order valence-corrected chi connectivity index (χ2v) is 7.68. The Kier molecular flexibility index (Phi) is 10.7. The average molecular weight is 448 g/mol. The molecule has 29 heavy (non-hydrogen) atoms. The van der Waals surface area contributed by atoms with Gasteiger partial charge in [0.1, 0.15) is 25.6 Å². The number of pyridine rings is 1. The monoisotopic (exact) mass is 447 g/mol. The SMILES string of the molecule is CCCNCCOc1ccc(NS(=O)(=O)c2ccc(OCCF)cc2)c(C)n1.Cl. The quantitative estimate of drug-likeness (QED) is 0.485. The first-order chi connectivity index (χ1) is 13.5. The molecule has 0 aliphatic rings. The highest BCUT2D eigenvalue weighted by Gasteiger charge is 2.16. The summed E-state index contributed by atoms with van der Waals surface area (Å²) in [6.45, 7) is 5.24. The Morgan fingerprint density at radius 1 is 1.03 bits per heavy atom. The molecule has 0 saturated heterocycles. The summed E-state index contributed by atoms with van der Waals surface area (Å²) < 4.78 is 50.4. The van der Waals surface area contributed by atoms with E-state index in [4.69, 9.17) is 9.47 Å². The normalized spacial score (nSPS) is 10.9. The first-order valence-corrected chi connectivity index (χ1v) is 10.6. The van der Waals surface area contributed by atoms with Crippen LogP contribution in [-0.2, 0) is 10.0 Å². The molecule has 0 atom stereocenters. The minimum Gasteiger partial charge on any atom is -0.491 e. The first kappa shape index (κ1) is 24.9. The van der Waals surface area contributed by atoms with E-state index in [1.54, 1.807) is 19.1 Å². The molecule has 0 aliphatic carbocycles. The highest BCUT2D eigenvalue weighted by Crippen LogP contribution is 2.22. The van der Waals surface area contributed by atoms with Gasteiger partial charge in [-0.15, -0.1) is 12.4 Å². The zero-order chi connectivity index (χ0) is 20.4. The number of rotatable bonds is 12. The number of sulfonamides is 1. The fourth-order valence-corrected chi connectivity index (χ4v) is 3.45. The van der Waals surface area contributed by atoms with Crippen LogP contribution in [-0.4, -0.2) is 46.4 Å². The summed E-state index contributed by atoms with van der Waals surface area (Å²) in [6.07, 6.45) is 1.06. The number of aromatic nitrogens is 1. The van der Waals surface area contributed by atoms with Crippen LogP contribution >= 0.6 is 12.4 Å². The van der Waals surface area contributed by atoms with Crippen molar-refractivity contribution in [1.82, 2.24) is 10.3 Å². The Bertz CT molecular complexity index is 851. The number of aryl methyl sites for hydroxylation is 1. The van der Waals surface area contributed by atoms with Gasteiger partial charge < -0.3 is 14.8 Å². The van der Waals surface area contributed by atoms with Gasteiger partial charge in [0.05, 0.1) is 16.3 Å². The van der Waals surface area contributed by atoms with Gasteiger partial charge in [-0.25, -0.2) is 17.8 Å². The Labute approximate surface area is 177 Å². The molecule has 0 fully saturated rings. The number of nitrogens with zero attached hydrogens (tertiary/aromatic N) is 1. The standard InChI is InChI=1S/C19H26FN3O4S.ClH/c1-3-11-21-12-14-27-19-9-8-18(15(2)22-19)23-28(24,25)17-6-4-16(5-7-17)26-13-10-20;/h4-9,21,23H,3,10-14H2,1-2H3;1H. The van der Waals surface area contributed by atoms with Crippen LogP contribution in [0.1, 0.15) is 19.0 Å². The summed E-state index contributed by atoms with van der Waals surface area (Å²) >= 11 is 0. The highest BCUT2D eigenvalue weighted by atomic mass is 35.5. The van der Waals surface area contributed by atoms with Crippen LogP contribution in [0.15, 0.2) is 41.3 Å². The van der Waals surface area contributed by atoms with Crippen LogP contribution in [0.4, 0.5) is 10.1 Å². The minimum absolute atomic E-state index is 0. The zero-order valence-corrected chi connectivity index (χ0v) is 18.1. The number of nitrogens with one attached hydrogen (secondary N) is 2. The van der Waals surface area contributed by atoms with Gasteiger partial charge in [-0.3, -0.25) is 4.72 Å². The highest BCUT2D eigenvalue weighted by molar-refractivity contribution is 7.92. The maximum absolute atomic E-state index is 12.6. The molecule has 0 bridgehead atoms. The maximum atomic E-state index is 12.6. The molecule has 2 N–H and O–H groups in total. The van der Waals surface area contributed by atoms with Crippen LogP contribution in [0.5, 0.6) is 11.6 Å². The lowest BCUT2D eigenvalue weighted by molar-refractivity contribution is 0.273. The molecule has 10 heteroatoms. The van der Waals surface area contributed by atoms with E-state index in [2.05, 4.69) is 21.9 Å². The number of hydrogen-bond acceptors (Lipinski definition) is 6. The van der Waals surface area contributed by atoms with E-state index in [0.29, 0.717) is 36.2 Å². The lowest BCUT2D eigenvalue weighted by Crippen LogP contribution is -2.21. The number of anilines is 1. The molecule has 0 radical (unpaired) electrons. The zero-order valence-electron chi connectivity index (χ0n) is 16.5. The van der Waals surface area contributed by atoms with Gasteiger partial charge in [0.15, 0.2) is 0 Å². The van der Waals surface area contributed by atoms with E-state index in [1.165, 1.54) is 24.3 Å². The van der Waals surface area contributed by atoms with E-state index in [9.17, 15) is 12.8 Å². The summed E-state index contributed by atoms with van der Waals surface area (Å²) in [4.78, 5) is 4.36. The molecule has 1 heterocycles. The van der Waals surface area contributed by atoms with Gasteiger partial charge in [0.25, 0.3) is 10.0 Å². The molecule has 0 unspecified atom stereocenters. The average Bonchev–Trinajstić information content (AvgIpc) is 2.68. The topological polar surface area (TPSA) is 89.6 Å². The van der Waals surface area contributed by atoms with Gasteiger partial charge in [0, 0.05) is 12.6 Å². The van der Waals surface area contributed by atoms with Crippen LogP contribution in [0, 0.1) is 6.92 Å². The summed E-state index contributed by atoms with van der Waals surface area (Å²) in [5, 5.41) is 3.22. The number of ether oxygens (including phenoxy) is 2. The molecule has 2 aromatic rings. The smallest absolute Gasteiger partial charge is 0.261 e. The van der Waals surface area contributed by atoms with Gasteiger partial charge in [0.2, 0.25) is 5.88 Å². The van der Waals surface area contributed by atoms with E-state index in [0.717, 1.165) is 13.0 Å². The van der Waals surface area contributed by atoms with Gasteiger partial charge in [-0.05, 0) is 50.2 Å². The molecular formula is C19H27ClFN3O4S. The van der Waals surface area contributed by atoms with Gasteiger partial charge >= 0.3 is 0 Å². The van der Waals surface area contributed by atoms with Crippen molar-refractivity contribution in [2.75, 3.05) is 37.7 Å². The molecule has 0 amide bonds. The van der Waals surface area contributed by atoms with Crippen molar-refractivity contribution >= 4 is 28.1 Å². The van der Waals surface area contributed by atoms with Crippen LogP contribution in [0.3, 0.4) is 0 Å². The third-order valence-corrected chi connectivity index (χ3v) is 5.12. The summed E-state index contributed by atoms with van der Waals surface area (Å²) in [5.41, 5.74) is 0.875. The molecule has 162 valence electrons. The van der Waals surface area contributed by atoms with Crippen LogP contribution in [0.2, 0.25) is 0 Å². The fraction of sp³-hybridized carbons (Fsp3) is 0.421. The van der Waals surface area contributed by atoms with E-state index in [1.807, 2.05) is 0 Å². The Morgan fingerprint density at radius 3 is 2.38 bits per heavy atom. The molecule has 7 nitrogen and oxygen atoms in total. The summed E-state index contributed by atoms with van der Waals surface area (Å²) in [5.74, 6) is 0.845. The number of hydrogen-bond donors (Lipinski definition) is 2. The minimum atomic E-state index is -3.78. The number of benzene rings is 1. The molecule has 1 aromatic heterocycles. The molecule has 0 aliphatic heterocycles. The molecular weight excluding hydrogens is 421 g/mol. The first-order valence-electron chi connectivity index (χ1n) is 9.09. The fourth-order valence-electron chi connectivity index (χ4n) is 2.33.